The Hall–Kier alpha value is -2.64. The molecule has 1 aromatic heterocycles. The topological polar surface area (TPSA) is 103 Å². The zero-order valence-electron chi connectivity index (χ0n) is 9.94. The second kappa shape index (κ2) is 4.32. The van der Waals surface area contributed by atoms with Gasteiger partial charge in [-0.3, -0.25) is 10.1 Å². The molecule has 0 aliphatic rings. The molecule has 0 saturated carbocycles. The van der Waals surface area contributed by atoms with E-state index in [4.69, 9.17) is 5.73 Å². The third-order valence-electron chi connectivity index (χ3n) is 2.33. The average molecular weight is 248 g/mol. The quantitative estimate of drug-likeness (QED) is 0.637. The van der Waals surface area contributed by atoms with Gasteiger partial charge in [0.25, 0.3) is 5.69 Å². The van der Waals surface area contributed by atoms with E-state index in [9.17, 15) is 10.1 Å². The number of nitro groups is 1. The minimum absolute atomic E-state index is 0.0700. The second-order valence-electron chi connectivity index (χ2n) is 3.82. The Labute approximate surface area is 103 Å². The molecule has 0 amide bonds. The maximum Gasteiger partial charge on any atom is 0.295 e. The van der Waals surface area contributed by atoms with Crippen molar-refractivity contribution in [2.75, 3.05) is 24.7 Å². The van der Waals surface area contributed by atoms with Crippen molar-refractivity contribution in [2.45, 2.75) is 0 Å². The van der Waals surface area contributed by atoms with Crippen LogP contribution in [0.2, 0.25) is 0 Å². The van der Waals surface area contributed by atoms with Crippen molar-refractivity contribution in [3.8, 4) is 5.69 Å². The Morgan fingerprint density at radius 1 is 1.39 bits per heavy atom. The number of nitrogens with zero attached hydrogens (tertiary/aromatic N) is 5. The Balaban J connectivity index is 2.58. The molecular weight excluding hydrogens is 236 g/mol. The van der Waals surface area contributed by atoms with Crippen LogP contribution in [0.5, 0.6) is 0 Å². The van der Waals surface area contributed by atoms with E-state index < -0.39 is 4.92 Å². The summed E-state index contributed by atoms with van der Waals surface area (Å²) >= 11 is 0. The SMILES string of the molecule is CN(C)c1nc(N)n(-c2ccccc2[N+](=O)[O-])n1. The molecule has 2 aromatic rings. The number of anilines is 2. The van der Waals surface area contributed by atoms with E-state index in [2.05, 4.69) is 10.1 Å². The molecule has 0 aliphatic carbocycles. The highest BCUT2D eigenvalue weighted by Gasteiger charge is 2.18. The van der Waals surface area contributed by atoms with Gasteiger partial charge in [0, 0.05) is 20.2 Å². The van der Waals surface area contributed by atoms with Crippen LogP contribution in [0.1, 0.15) is 0 Å². The van der Waals surface area contributed by atoms with Crippen LogP contribution >= 0.6 is 0 Å². The number of nitrogen functional groups attached to an aromatic ring is 1. The number of hydrogen-bond acceptors (Lipinski definition) is 6. The summed E-state index contributed by atoms with van der Waals surface area (Å²) in [7, 11) is 3.52. The normalized spacial score (nSPS) is 10.3. The summed E-state index contributed by atoms with van der Waals surface area (Å²) in [5.74, 6) is 0.499. The first-order valence-corrected chi connectivity index (χ1v) is 5.14. The van der Waals surface area contributed by atoms with Gasteiger partial charge in [0.1, 0.15) is 5.69 Å². The average Bonchev–Trinajstić information content (AvgIpc) is 2.71. The summed E-state index contributed by atoms with van der Waals surface area (Å²) < 4.78 is 1.26. The molecule has 1 aromatic carbocycles. The molecule has 0 aliphatic heterocycles. The van der Waals surface area contributed by atoms with Gasteiger partial charge in [-0.05, 0) is 6.07 Å². The Morgan fingerprint density at radius 2 is 2.06 bits per heavy atom. The van der Waals surface area contributed by atoms with Crippen molar-refractivity contribution in [1.29, 1.82) is 0 Å². The van der Waals surface area contributed by atoms with E-state index in [-0.39, 0.29) is 11.6 Å². The van der Waals surface area contributed by atoms with Gasteiger partial charge in [-0.1, -0.05) is 12.1 Å². The number of rotatable bonds is 3. The molecule has 2 N–H and O–H groups in total. The van der Waals surface area contributed by atoms with Gasteiger partial charge in [-0.2, -0.15) is 9.67 Å². The molecule has 0 radical (unpaired) electrons. The van der Waals surface area contributed by atoms with E-state index in [1.54, 1.807) is 37.2 Å². The van der Waals surface area contributed by atoms with Crippen molar-refractivity contribution in [3.05, 3.63) is 34.4 Å². The standard InChI is InChI=1S/C10H12N6O2/c1-14(2)10-12-9(11)15(13-10)7-5-3-4-6-8(7)16(17)18/h3-6H,1-2H3,(H2,11,12,13). The predicted octanol–water partition coefficient (Wildman–Crippen LogP) is 0.824. The molecule has 2 rings (SSSR count). The van der Waals surface area contributed by atoms with Crippen molar-refractivity contribution < 1.29 is 4.92 Å². The first-order chi connectivity index (χ1) is 8.50. The van der Waals surface area contributed by atoms with E-state index in [0.29, 0.717) is 11.6 Å². The molecule has 18 heavy (non-hydrogen) atoms. The Morgan fingerprint density at radius 3 is 2.61 bits per heavy atom. The molecular formula is C10H12N6O2. The maximum atomic E-state index is 10.9. The molecule has 0 bridgehead atoms. The maximum absolute atomic E-state index is 10.9. The first-order valence-electron chi connectivity index (χ1n) is 5.14. The molecule has 0 unspecified atom stereocenters. The lowest BCUT2D eigenvalue weighted by Gasteiger charge is -2.05. The number of aromatic nitrogens is 3. The fraction of sp³-hybridized carbons (Fsp3) is 0.200. The third-order valence-corrected chi connectivity index (χ3v) is 2.33. The summed E-state index contributed by atoms with van der Waals surface area (Å²) in [4.78, 5) is 16.1. The van der Waals surface area contributed by atoms with E-state index in [1.807, 2.05) is 0 Å². The number of nitrogens with two attached hydrogens (primary N) is 1. The van der Waals surface area contributed by atoms with Gasteiger partial charge in [0.2, 0.25) is 11.9 Å². The number of nitro benzene ring substituents is 1. The van der Waals surface area contributed by atoms with Gasteiger partial charge < -0.3 is 10.6 Å². The largest absolute Gasteiger partial charge is 0.368 e. The molecule has 0 spiro atoms. The van der Waals surface area contributed by atoms with E-state index >= 15 is 0 Å². The lowest BCUT2D eigenvalue weighted by molar-refractivity contribution is -0.384. The van der Waals surface area contributed by atoms with Crippen LogP contribution < -0.4 is 10.6 Å². The monoisotopic (exact) mass is 248 g/mol. The van der Waals surface area contributed by atoms with Gasteiger partial charge >= 0.3 is 0 Å². The summed E-state index contributed by atoms with van der Waals surface area (Å²) in [6.45, 7) is 0. The van der Waals surface area contributed by atoms with Crippen molar-refractivity contribution in [2.24, 2.45) is 0 Å². The van der Waals surface area contributed by atoms with Crippen molar-refractivity contribution in [1.82, 2.24) is 14.8 Å². The van der Waals surface area contributed by atoms with Crippen LogP contribution in [-0.4, -0.2) is 33.8 Å². The zero-order valence-corrected chi connectivity index (χ0v) is 9.94. The van der Waals surface area contributed by atoms with Gasteiger partial charge in [0.05, 0.1) is 4.92 Å². The molecule has 8 heteroatoms. The molecule has 0 saturated heterocycles. The molecule has 0 fully saturated rings. The number of benzene rings is 1. The summed E-state index contributed by atoms with van der Waals surface area (Å²) in [6, 6.07) is 6.23. The Kier molecular flexibility index (Phi) is 2.84. The van der Waals surface area contributed by atoms with Crippen molar-refractivity contribution in [3.63, 3.8) is 0 Å². The third kappa shape index (κ3) is 1.95. The second-order valence-corrected chi connectivity index (χ2v) is 3.82. The highest BCUT2D eigenvalue weighted by atomic mass is 16.6. The molecule has 1 heterocycles. The molecule has 94 valence electrons. The van der Waals surface area contributed by atoms with Crippen LogP contribution in [0.25, 0.3) is 5.69 Å². The predicted molar refractivity (Wildman–Crippen MR) is 66.8 cm³/mol. The number of hydrogen-bond donors (Lipinski definition) is 1. The first kappa shape index (κ1) is 11.8. The van der Waals surface area contributed by atoms with Gasteiger partial charge in [0.15, 0.2) is 0 Å². The fourth-order valence-corrected chi connectivity index (χ4v) is 1.48. The lowest BCUT2D eigenvalue weighted by Crippen LogP contribution is -2.11. The minimum atomic E-state index is -0.480. The van der Waals surface area contributed by atoms with Crippen LogP contribution in [0, 0.1) is 10.1 Å². The zero-order chi connectivity index (χ0) is 13.3. The minimum Gasteiger partial charge on any atom is -0.368 e. The molecule has 8 nitrogen and oxygen atoms in total. The number of para-hydroxylation sites is 2. The fourth-order valence-electron chi connectivity index (χ4n) is 1.48. The summed E-state index contributed by atoms with van der Waals surface area (Å²) in [6.07, 6.45) is 0. The summed E-state index contributed by atoms with van der Waals surface area (Å²) in [5.41, 5.74) is 5.94. The highest BCUT2D eigenvalue weighted by Crippen LogP contribution is 2.24. The van der Waals surface area contributed by atoms with Crippen LogP contribution in [0.15, 0.2) is 24.3 Å². The van der Waals surface area contributed by atoms with Crippen LogP contribution in [-0.2, 0) is 0 Å². The van der Waals surface area contributed by atoms with E-state index in [1.165, 1.54) is 10.7 Å². The highest BCUT2D eigenvalue weighted by molar-refractivity contribution is 5.55. The smallest absolute Gasteiger partial charge is 0.295 e. The van der Waals surface area contributed by atoms with Crippen LogP contribution in [0.3, 0.4) is 0 Å². The van der Waals surface area contributed by atoms with Gasteiger partial charge in [-0.15, -0.1) is 5.10 Å². The van der Waals surface area contributed by atoms with Gasteiger partial charge in [-0.25, -0.2) is 0 Å². The van der Waals surface area contributed by atoms with Crippen molar-refractivity contribution >= 4 is 17.6 Å². The Bertz CT molecular complexity index is 592. The summed E-state index contributed by atoms with van der Waals surface area (Å²) in [5, 5.41) is 15.1. The molecule has 0 atom stereocenters. The van der Waals surface area contributed by atoms with E-state index in [0.717, 1.165) is 0 Å². The van der Waals surface area contributed by atoms with Crippen LogP contribution in [0.4, 0.5) is 17.6 Å². The lowest BCUT2D eigenvalue weighted by atomic mass is 10.3.